The average molecular weight is 239 g/mol. The minimum absolute atomic E-state index is 0.00171. The number of hydrogen-bond acceptors (Lipinski definition) is 2. The summed E-state index contributed by atoms with van der Waals surface area (Å²) in [7, 11) is 0. The molecule has 17 heavy (non-hydrogen) atoms. The maximum absolute atomic E-state index is 9.27. The maximum atomic E-state index is 9.27. The van der Waals surface area contributed by atoms with Crippen LogP contribution in [0.15, 0.2) is 0 Å². The Hall–Kier alpha value is -0.0800. The fraction of sp³-hybridized carbons (Fsp3) is 1.00. The second-order valence-electron chi connectivity index (χ2n) is 6.76. The Morgan fingerprint density at radius 3 is 2.53 bits per heavy atom. The molecule has 0 spiro atoms. The lowest BCUT2D eigenvalue weighted by Gasteiger charge is -2.35. The summed E-state index contributed by atoms with van der Waals surface area (Å²) in [5.41, 5.74) is 0. The Labute approximate surface area is 106 Å². The van der Waals surface area contributed by atoms with Crippen LogP contribution in [0.5, 0.6) is 0 Å². The molecule has 2 unspecified atom stereocenters. The summed E-state index contributed by atoms with van der Waals surface area (Å²) in [6.07, 6.45) is 9.05. The lowest BCUT2D eigenvalue weighted by Crippen LogP contribution is -2.42. The molecule has 0 aromatic heterocycles. The van der Waals surface area contributed by atoms with Gasteiger partial charge in [0.15, 0.2) is 0 Å². The molecule has 0 aromatic carbocycles. The van der Waals surface area contributed by atoms with Crippen molar-refractivity contribution in [3.05, 3.63) is 0 Å². The Morgan fingerprint density at radius 1 is 1.12 bits per heavy atom. The van der Waals surface area contributed by atoms with Crippen LogP contribution < -0.4 is 5.32 Å². The molecule has 2 atom stereocenters. The Balaban J connectivity index is 1.63. The van der Waals surface area contributed by atoms with E-state index in [1.54, 1.807) is 0 Å². The first-order valence-electron chi connectivity index (χ1n) is 7.55. The van der Waals surface area contributed by atoms with Crippen LogP contribution in [0.4, 0.5) is 0 Å². The Bertz CT molecular complexity index is 223. The van der Waals surface area contributed by atoms with Crippen molar-refractivity contribution in [2.75, 3.05) is 6.54 Å². The summed E-state index contributed by atoms with van der Waals surface area (Å²) < 4.78 is 0. The molecule has 0 saturated heterocycles. The predicted octanol–water partition coefficient (Wildman–Crippen LogP) is 2.95. The number of aliphatic hydroxyl groups excluding tert-OH is 1. The smallest absolute Gasteiger partial charge is 0.0546 e. The van der Waals surface area contributed by atoms with E-state index >= 15 is 0 Å². The number of rotatable bonds is 5. The first-order valence-corrected chi connectivity index (χ1v) is 7.55. The van der Waals surface area contributed by atoms with Crippen molar-refractivity contribution in [1.82, 2.24) is 5.32 Å². The van der Waals surface area contributed by atoms with E-state index in [0.29, 0.717) is 0 Å². The quantitative estimate of drug-likeness (QED) is 0.773. The van der Waals surface area contributed by atoms with Crippen LogP contribution >= 0.6 is 0 Å². The van der Waals surface area contributed by atoms with Crippen molar-refractivity contribution in [1.29, 1.82) is 0 Å². The molecule has 0 bridgehead atoms. The van der Waals surface area contributed by atoms with E-state index in [1.807, 2.05) is 0 Å². The van der Waals surface area contributed by atoms with Gasteiger partial charge in [0, 0.05) is 6.04 Å². The largest absolute Gasteiger partial charge is 0.393 e. The molecule has 2 N–H and O–H groups in total. The van der Waals surface area contributed by atoms with Gasteiger partial charge in [0.25, 0.3) is 0 Å². The van der Waals surface area contributed by atoms with Crippen molar-refractivity contribution in [2.45, 2.75) is 70.9 Å². The summed E-state index contributed by atoms with van der Waals surface area (Å²) in [6.45, 7) is 5.82. The fourth-order valence-electron chi connectivity index (χ4n) is 3.56. The van der Waals surface area contributed by atoms with Crippen molar-refractivity contribution >= 4 is 0 Å². The molecule has 2 aliphatic carbocycles. The fourth-order valence-corrected chi connectivity index (χ4v) is 3.56. The van der Waals surface area contributed by atoms with Gasteiger partial charge in [-0.2, -0.15) is 0 Å². The van der Waals surface area contributed by atoms with Gasteiger partial charge < -0.3 is 10.4 Å². The zero-order valence-electron chi connectivity index (χ0n) is 11.5. The zero-order chi connectivity index (χ0) is 12.3. The zero-order valence-corrected chi connectivity index (χ0v) is 11.5. The summed E-state index contributed by atoms with van der Waals surface area (Å²) >= 11 is 0. The Morgan fingerprint density at radius 2 is 1.88 bits per heavy atom. The van der Waals surface area contributed by atoms with Crippen LogP contribution in [0.1, 0.15) is 58.8 Å². The van der Waals surface area contributed by atoms with E-state index in [1.165, 1.54) is 32.1 Å². The molecular formula is C15H29NO. The van der Waals surface area contributed by atoms with Crippen molar-refractivity contribution in [3.63, 3.8) is 0 Å². The van der Waals surface area contributed by atoms with Crippen LogP contribution in [0, 0.1) is 17.8 Å². The average Bonchev–Trinajstić information content (AvgIpc) is 2.22. The SMILES string of the molecule is CC(C)CC1CCCC(NCC2CC(O)C2)C1. The third kappa shape index (κ3) is 4.26. The van der Waals surface area contributed by atoms with E-state index in [4.69, 9.17) is 0 Å². The van der Waals surface area contributed by atoms with Gasteiger partial charge in [0.2, 0.25) is 0 Å². The molecule has 0 aromatic rings. The van der Waals surface area contributed by atoms with E-state index in [0.717, 1.165) is 43.2 Å². The van der Waals surface area contributed by atoms with Crippen LogP contribution in [0.25, 0.3) is 0 Å². The van der Waals surface area contributed by atoms with Crippen LogP contribution in [-0.4, -0.2) is 23.8 Å². The van der Waals surface area contributed by atoms with Crippen molar-refractivity contribution in [2.24, 2.45) is 17.8 Å². The molecule has 0 heterocycles. The van der Waals surface area contributed by atoms with Crippen LogP contribution in [0.3, 0.4) is 0 Å². The molecule has 2 heteroatoms. The second kappa shape index (κ2) is 6.19. The molecule has 2 fully saturated rings. The van der Waals surface area contributed by atoms with E-state index in [-0.39, 0.29) is 6.10 Å². The van der Waals surface area contributed by atoms with E-state index < -0.39 is 0 Å². The van der Waals surface area contributed by atoms with Gasteiger partial charge in [-0.05, 0) is 56.4 Å². The van der Waals surface area contributed by atoms with E-state index in [2.05, 4.69) is 19.2 Å². The highest BCUT2D eigenvalue weighted by atomic mass is 16.3. The highest BCUT2D eigenvalue weighted by Crippen LogP contribution is 2.31. The van der Waals surface area contributed by atoms with Crippen LogP contribution in [0.2, 0.25) is 0 Å². The molecule has 0 radical (unpaired) electrons. The molecule has 2 saturated carbocycles. The van der Waals surface area contributed by atoms with Gasteiger partial charge in [-0.25, -0.2) is 0 Å². The monoisotopic (exact) mass is 239 g/mol. The highest BCUT2D eigenvalue weighted by Gasteiger charge is 2.28. The topological polar surface area (TPSA) is 32.3 Å². The minimum Gasteiger partial charge on any atom is -0.393 e. The van der Waals surface area contributed by atoms with Gasteiger partial charge in [0.05, 0.1) is 6.10 Å². The van der Waals surface area contributed by atoms with Gasteiger partial charge >= 0.3 is 0 Å². The Kier molecular flexibility index (Phi) is 4.87. The third-order valence-corrected chi connectivity index (χ3v) is 4.49. The number of hydrogen-bond donors (Lipinski definition) is 2. The van der Waals surface area contributed by atoms with Crippen molar-refractivity contribution in [3.8, 4) is 0 Å². The lowest BCUT2D eigenvalue weighted by atomic mass is 9.79. The lowest BCUT2D eigenvalue weighted by molar-refractivity contribution is 0.0406. The molecule has 2 nitrogen and oxygen atoms in total. The molecule has 2 aliphatic rings. The van der Waals surface area contributed by atoms with Gasteiger partial charge in [-0.3, -0.25) is 0 Å². The third-order valence-electron chi connectivity index (χ3n) is 4.49. The summed E-state index contributed by atoms with van der Waals surface area (Å²) in [5.74, 6) is 2.55. The first kappa shape index (κ1) is 13.4. The normalized spacial score (nSPS) is 38.1. The highest BCUT2D eigenvalue weighted by molar-refractivity contribution is 4.84. The number of nitrogens with one attached hydrogen (secondary N) is 1. The van der Waals surface area contributed by atoms with E-state index in [9.17, 15) is 5.11 Å². The van der Waals surface area contributed by atoms with Gasteiger partial charge in [0.1, 0.15) is 0 Å². The molecule has 2 rings (SSSR count). The molecule has 0 aliphatic heterocycles. The first-order chi connectivity index (χ1) is 8.13. The second-order valence-corrected chi connectivity index (χ2v) is 6.76. The standard InChI is InChI=1S/C15H29NO/c1-11(2)6-12-4-3-5-14(7-12)16-10-13-8-15(17)9-13/h11-17H,3-10H2,1-2H3. The molecule has 0 amide bonds. The minimum atomic E-state index is 0.00171. The van der Waals surface area contributed by atoms with Crippen LogP contribution in [-0.2, 0) is 0 Å². The summed E-state index contributed by atoms with van der Waals surface area (Å²) in [5, 5.41) is 13.0. The van der Waals surface area contributed by atoms with Gasteiger partial charge in [-0.1, -0.05) is 26.7 Å². The maximum Gasteiger partial charge on any atom is 0.0546 e. The molecule has 100 valence electrons. The van der Waals surface area contributed by atoms with Crippen molar-refractivity contribution < 1.29 is 5.11 Å². The van der Waals surface area contributed by atoms with Gasteiger partial charge in [-0.15, -0.1) is 0 Å². The number of aliphatic hydroxyl groups is 1. The summed E-state index contributed by atoms with van der Waals surface area (Å²) in [6, 6.07) is 0.755. The molecular weight excluding hydrogens is 210 g/mol. The predicted molar refractivity (Wildman–Crippen MR) is 71.9 cm³/mol. The summed E-state index contributed by atoms with van der Waals surface area (Å²) in [4.78, 5) is 0.